The summed E-state index contributed by atoms with van der Waals surface area (Å²) in [5.74, 6) is 7.27. The van der Waals surface area contributed by atoms with Crippen LogP contribution in [0.15, 0.2) is 59.7 Å². The monoisotopic (exact) mass is 845 g/mol. The quantitative estimate of drug-likeness (QED) is 0.0364. The maximum Gasteiger partial charge on any atom is 0.223 e. The van der Waals surface area contributed by atoms with Crippen LogP contribution in [0, 0.1) is 11.8 Å². The average Bonchev–Trinajstić information content (AvgIpc) is 3.57. The molecule has 0 aromatic heterocycles. The minimum Gasteiger partial charge on any atom is -0.493 e. The lowest BCUT2D eigenvalue weighted by atomic mass is 9.95. The SMILES string of the molecule is CCCCCCCCCCCCCCCCCCCCCCCCCCC#CC1=C(c2ccc(CCCC)cc2)[N+](=[N-])C(c2ccc(CCCCCCCC)cc2)=C1CCCC. The summed E-state index contributed by atoms with van der Waals surface area (Å²) < 4.78 is 1.49. The van der Waals surface area contributed by atoms with Gasteiger partial charge in [-0.2, -0.15) is 0 Å². The van der Waals surface area contributed by atoms with Gasteiger partial charge in [-0.15, -0.1) is 0 Å². The minimum absolute atomic E-state index is 0.858. The van der Waals surface area contributed by atoms with E-state index in [0.717, 1.165) is 73.0 Å². The topological polar surface area (TPSA) is 25.3 Å². The van der Waals surface area contributed by atoms with E-state index >= 15 is 0 Å². The lowest BCUT2D eigenvalue weighted by Crippen LogP contribution is -2.03. The smallest absolute Gasteiger partial charge is 0.223 e. The predicted octanol–water partition coefficient (Wildman–Crippen LogP) is 20.1. The summed E-state index contributed by atoms with van der Waals surface area (Å²) in [6, 6.07) is 18.0. The van der Waals surface area contributed by atoms with Crippen molar-refractivity contribution in [2.75, 3.05) is 0 Å². The van der Waals surface area contributed by atoms with Gasteiger partial charge in [-0.25, -0.2) is 4.70 Å². The Morgan fingerprint density at radius 1 is 0.355 bits per heavy atom. The van der Waals surface area contributed by atoms with Crippen LogP contribution in [0.5, 0.6) is 0 Å². The van der Waals surface area contributed by atoms with Gasteiger partial charge in [0.1, 0.15) is 5.57 Å². The van der Waals surface area contributed by atoms with Crippen LogP contribution in [-0.4, -0.2) is 4.70 Å². The third-order valence-corrected chi connectivity index (χ3v) is 13.5. The largest absolute Gasteiger partial charge is 0.493 e. The van der Waals surface area contributed by atoms with E-state index < -0.39 is 0 Å². The van der Waals surface area contributed by atoms with Crippen LogP contribution in [0.25, 0.3) is 16.9 Å². The molecule has 346 valence electrons. The molecule has 1 heterocycles. The van der Waals surface area contributed by atoms with Crippen molar-refractivity contribution in [1.29, 1.82) is 0 Å². The Kier molecular flexibility index (Phi) is 31.4. The number of allylic oxidation sites excluding steroid dienone is 2. The third-order valence-electron chi connectivity index (χ3n) is 13.5. The van der Waals surface area contributed by atoms with E-state index in [9.17, 15) is 5.53 Å². The highest BCUT2D eigenvalue weighted by atomic mass is 15.2. The fourth-order valence-electron chi connectivity index (χ4n) is 9.38. The van der Waals surface area contributed by atoms with Gasteiger partial charge in [-0.1, -0.05) is 256 Å². The summed E-state index contributed by atoms with van der Waals surface area (Å²) >= 11 is 0. The maximum atomic E-state index is 12.1. The Labute approximate surface area is 385 Å². The van der Waals surface area contributed by atoms with Crippen molar-refractivity contribution in [3.63, 3.8) is 0 Å². The second-order valence-corrected chi connectivity index (χ2v) is 19.2. The van der Waals surface area contributed by atoms with Gasteiger partial charge in [-0.3, -0.25) is 0 Å². The van der Waals surface area contributed by atoms with Crippen molar-refractivity contribution in [3.8, 4) is 11.8 Å². The number of aryl methyl sites for hydroxylation is 2. The summed E-state index contributed by atoms with van der Waals surface area (Å²) in [6.07, 6.45) is 50.6. The summed E-state index contributed by atoms with van der Waals surface area (Å²) in [7, 11) is 0. The Balaban J connectivity index is 1.41. The number of rotatable bonds is 39. The van der Waals surface area contributed by atoms with Gasteiger partial charge >= 0.3 is 0 Å². The molecule has 0 spiro atoms. The molecule has 3 rings (SSSR count). The van der Waals surface area contributed by atoms with Gasteiger partial charge in [0.2, 0.25) is 11.4 Å². The van der Waals surface area contributed by atoms with Gasteiger partial charge in [0, 0.05) is 23.1 Å². The van der Waals surface area contributed by atoms with Crippen molar-refractivity contribution in [2.45, 2.75) is 272 Å². The highest BCUT2D eigenvalue weighted by molar-refractivity contribution is 5.85. The van der Waals surface area contributed by atoms with E-state index in [0.29, 0.717) is 0 Å². The number of hydrogen-bond donors (Lipinski definition) is 0. The highest BCUT2D eigenvalue weighted by Crippen LogP contribution is 2.42. The van der Waals surface area contributed by atoms with Gasteiger partial charge < -0.3 is 5.53 Å². The van der Waals surface area contributed by atoms with Crippen LogP contribution in [-0.2, 0) is 12.8 Å². The molecule has 2 nitrogen and oxygen atoms in total. The fraction of sp³-hybridized carbons (Fsp3) is 0.700. The Morgan fingerprint density at radius 2 is 0.677 bits per heavy atom. The maximum absolute atomic E-state index is 12.1. The van der Waals surface area contributed by atoms with Gasteiger partial charge in [0.05, 0.1) is 0 Å². The lowest BCUT2D eigenvalue weighted by Gasteiger charge is -2.10. The van der Waals surface area contributed by atoms with Crippen LogP contribution in [0.4, 0.5) is 0 Å². The van der Waals surface area contributed by atoms with Gasteiger partial charge in [0.15, 0.2) is 0 Å². The Bertz CT molecular complexity index is 1540. The first-order valence-electron chi connectivity index (χ1n) is 27.3. The van der Waals surface area contributed by atoms with Gasteiger partial charge in [-0.05, 0) is 80.3 Å². The van der Waals surface area contributed by atoms with E-state index in [4.69, 9.17) is 0 Å². The molecule has 0 atom stereocenters. The third kappa shape index (κ3) is 22.6. The predicted molar refractivity (Wildman–Crippen MR) is 274 cm³/mol. The van der Waals surface area contributed by atoms with Gasteiger partial charge in [0.25, 0.3) is 0 Å². The second kappa shape index (κ2) is 36.4. The first kappa shape index (κ1) is 53.4. The van der Waals surface area contributed by atoms with Crippen LogP contribution < -0.4 is 0 Å². The van der Waals surface area contributed by atoms with Crippen LogP contribution in [0.2, 0.25) is 0 Å². The zero-order chi connectivity index (χ0) is 44.1. The molecule has 0 bridgehead atoms. The number of nitrogens with zero attached hydrogens (tertiary/aromatic N) is 2. The molecule has 0 amide bonds. The molecule has 2 aromatic rings. The van der Waals surface area contributed by atoms with E-state index in [1.165, 1.54) is 220 Å². The van der Waals surface area contributed by atoms with Crippen LogP contribution in [0.3, 0.4) is 0 Å². The molecule has 0 radical (unpaired) electrons. The molecule has 0 aliphatic carbocycles. The average molecular weight is 845 g/mol. The Morgan fingerprint density at radius 3 is 1.08 bits per heavy atom. The molecule has 0 saturated heterocycles. The first-order chi connectivity index (χ1) is 30.6. The molecule has 0 N–H and O–H groups in total. The highest BCUT2D eigenvalue weighted by Gasteiger charge is 2.35. The molecule has 0 fully saturated rings. The fourth-order valence-corrected chi connectivity index (χ4v) is 9.38. The summed E-state index contributed by atoms with van der Waals surface area (Å²) in [6.45, 7) is 9.10. The Hall–Kier alpha value is -2.92. The summed E-state index contributed by atoms with van der Waals surface area (Å²) in [5, 5.41) is 0. The molecular formula is C60H96N2. The molecule has 62 heavy (non-hydrogen) atoms. The summed E-state index contributed by atoms with van der Waals surface area (Å²) in [5.41, 5.74) is 21.0. The standard InChI is InChI=1S/C60H96N2/c1-5-9-13-15-17-18-19-20-21-22-23-24-25-26-27-28-29-30-31-32-33-34-35-36-38-40-44-58-57(43-12-8-4)59(55-51-47-54(48-52-55)42-39-37-16-14-10-6-2)62(61)60(58)56-49-45-53(46-50-56)41-11-7-3/h45-52H,5-39,41-43H2,1-4H3. The number of unbranched alkanes of at least 4 members (excludes halogenated alkanes) is 31. The van der Waals surface area contributed by atoms with E-state index in [2.05, 4.69) is 88.1 Å². The zero-order valence-electron chi connectivity index (χ0n) is 41.4. The van der Waals surface area contributed by atoms with Crippen molar-refractivity contribution in [3.05, 3.63) is 87.5 Å². The van der Waals surface area contributed by atoms with E-state index in [-0.39, 0.29) is 0 Å². The van der Waals surface area contributed by atoms with Crippen molar-refractivity contribution in [1.82, 2.24) is 0 Å². The molecule has 2 heteroatoms. The number of hydrogen-bond acceptors (Lipinski definition) is 0. The summed E-state index contributed by atoms with van der Waals surface area (Å²) in [4.78, 5) is 0. The van der Waals surface area contributed by atoms with E-state index in [1.807, 2.05) is 0 Å². The van der Waals surface area contributed by atoms with Crippen LogP contribution in [0.1, 0.15) is 281 Å². The molecule has 1 aliphatic rings. The van der Waals surface area contributed by atoms with Crippen LogP contribution >= 0.6 is 0 Å². The van der Waals surface area contributed by atoms with Crippen molar-refractivity contribution >= 4 is 11.4 Å². The molecule has 0 unspecified atom stereocenters. The second-order valence-electron chi connectivity index (χ2n) is 19.2. The normalized spacial score (nSPS) is 12.8. The first-order valence-corrected chi connectivity index (χ1v) is 27.3. The molecule has 0 saturated carbocycles. The zero-order valence-corrected chi connectivity index (χ0v) is 41.4. The molecular weight excluding hydrogens is 749 g/mol. The van der Waals surface area contributed by atoms with Crippen molar-refractivity contribution < 1.29 is 4.70 Å². The van der Waals surface area contributed by atoms with Crippen molar-refractivity contribution in [2.24, 2.45) is 0 Å². The molecule has 2 aromatic carbocycles. The number of benzene rings is 2. The lowest BCUT2D eigenvalue weighted by molar-refractivity contribution is -0.345. The minimum atomic E-state index is 0.858. The van der Waals surface area contributed by atoms with E-state index in [1.54, 1.807) is 0 Å². The molecule has 1 aliphatic heterocycles.